The van der Waals surface area contributed by atoms with E-state index < -0.39 is 0 Å². The van der Waals surface area contributed by atoms with Crippen LogP contribution in [-0.4, -0.2) is 35.5 Å². The molecule has 47 heavy (non-hydrogen) atoms. The molecule has 2 saturated heterocycles. The summed E-state index contributed by atoms with van der Waals surface area (Å²) in [5, 5.41) is 9.75. The predicted molar refractivity (Wildman–Crippen MR) is 199 cm³/mol. The second kappa shape index (κ2) is 13.9. The van der Waals surface area contributed by atoms with Gasteiger partial charge in [0, 0.05) is 17.2 Å². The molecule has 2 heterocycles. The molecule has 3 unspecified atom stereocenters. The summed E-state index contributed by atoms with van der Waals surface area (Å²) in [6, 6.07) is 18.9. The average molecular weight is 713 g/mol. The Hall–Kier alpha value is -0.000519. The van der Waals surface area contributed by atoms with E-state index in [9.17, 15) is 0 Å². The van der Waals surface area contributed by atoms with Gasteiger partial charge in [-0.2, -0.15) is 41.5 Å². The van der Waals surface area contributed by atoms with E-state index in [0.29, 0.717) is 12.1 Å². The molecule has 0 radical (unpaired) electrons. The third kappa shape index (κ3) is 6.29. The van der Waals surface area contributed by atoms with Crippen molar-refractivity contribution in [2.75, 3.05) is 13.1 Å². The second-order valence-corrected chi connectivity index (χ2v) is 22.3. The number of rotatable bonds is 7. The molecule has 2 aliphatic heterocycles. The Morgan fingerprint density at radius 3 is 1.49 bits per heavy atom. The molecular weight excluding hydrogens is 650 g/mol. The normalized spacial score (nSPS) is 43.4. The Morgan fingerprint density at radius 2 is 1.13 bits per heavy atom. The molecule has 8 saturated carbocycles. The van der Waals surface area contributed by atoms with Crippen molar-refractivity contribution in [3.05, 3.63) is 59.7 Å². The minimum atomic E-state index is -0.00773. The summed E-state index contributed by atoms with van der Waals surface area (Å²) in [7, 11) is 3.56. The molecule has 10 aliphatic rings. The van der Waals surface area contributed by atoms with Crippen LogP contribution in [0, 0.1) is 35.5 Å². The van der Waals surface area contributed by atoms with Gasteiger partial charge < -0.3 is 10.6 Å². The largest absolute Gasteiger partial charge is 2.00 e. The van der Waals surface area contributed by atoms with Gasteiger partial charge in [-0.05, 0) is 162 Å². The van der Waals surface area contributed by atoms with Crippen molar-refractivity contribution in [2.24, 2.45) is 35.5 Å². The van der Waals surface area contributed by atoms with Gasteiger partial charge in [-0.3, -0.25) is 0 Å². The summed E-state index contributed by atoms with van der Waals surface area (Å²) < 4.78 is 0. The number of hydrogen-bond acceptors (Lipinski definition) is 2. The van der Waals surface area contributed by atoms with E-state index >= 15 is 0 Å². The van der Waals surface area contributed by atoms with Crippen molar-refractivity contribution >= 4 is 17.2 Å². The minimum absolute atomic E-state index is 0. The summed E-state index contributed by atoms with van der Waals surface area (Å²) >= 11 is 0. The minimum Gasteiger partial charge on any atom is -0.313 e. The van der Waals surface area contributed by atoms with Crippen molar-refractivity contribution < 1.29 is 17.1 Å². The van der Waals surface area contributed by atoms with Crippen LogP contribution in [0.1, 0.15) is 127 Å². The van der Waals surface area contributed by atoms with E-state index in [1.807, 2.05) is 30.3 Å². The zero-order valence-corrected chi connectivity index (χ0v) is 32.1. The van der Waals surface area contributed by atoms with E-state index in [2.05, 4.69) is 38.1 Å². The van der Waals surface area contributed by atoms with E-state index in [4.69, 9.17) is 0 Å². The summed E-state index contributed by atoms with van der Waals surface area (Å²) in [5.74, 6) is 6.49. The Morgan fingerprint density at radius 1 is 0.681 bits per heavy atom. The van der Waals surface area contributed by atoms with Gasteiger partial charge in [0.25, 0.3) is 0 Å². The van der Waals surface area contributed by atoms with Gasteiger partial charge >= 0.3 is 17.1 Å². The number of nitrogens with one attached hydrogen (secondary N) is 2. The van der Waals surface area contributed by atoms with E-state index in [1.54, 1.807) is 88.2 Å². The smallest absolute Gasteiger partial charge is 0.313 e. The Kier molecular flexibility index (Phi) is 10.1. The van der Waals surface area contributed by atoms with Gasteiger partial charge in [-0.1, -0.05) is 19.0 Å². The van der Waals surface area contributed by atoms with Gasteiger partial charge in [0.15, 0.2) is 0 Å². The maximum Gasteiger partial charge on any atom is 2.00 e. The fourth-order valence-electron chi connectivity index (χ4n) is 14.3. The molecule has 0 spiro atoms. The third-order valence-corrected chi connectivity index (χ3v) is 20.3. The molecule has 258 valence electrons. The zero-order valence-electron chi connectivity index (χ0n) is 29.0. The van der Waals surface area contributed by atoms with Gasteiger partial charge in [0.2, 0.25) is 0 Å². The van der Waals surface area contributed by atoms with Crippen LogP contribution in [0.15, 0.2) is 48.5 Å². The number of hydrogen-bond donors (Lipinski definition) is 2. The molecule has 12 rings (SSSR count). The van der Waals surface area contributed by atoms with Crippen LogP contribution < -0.4 is 10.6 Å². The van der Waals surface area contributed by atoms with Gasteiger partial charge in [0.05, 0.1) is 0 Å². The van der Waals surface area contributed by atoms with Crippen molar-refractivity contribution in [2.45, 2.75) is 149 Å². The van der Waals surface area contributed by atoms with Crippen molar-refractivity contribution in [1.29, 1.82) is 0 Å². The van der Waals surface area contributed by atoms with Gasteiger partial charge in [-0.25, -0.2) is 18.2 Å². The maximum absolute atomic E-state index is 4.09. The summed E-state index contributed by atoms with van der Waals surface area (Å²) in [6.07, 6.45) is 29.0. The fourth-order valence-corrected chi connectivity index (χ4v) is 20.3. The van der Waals surface area contributed by atoms with Crippen LogP contribution in [0.4, 0.5) is 0 Å². The summed E-state index contributed by atoms with van der Waals surface area (Å²) in [6.45, 7) is 2.41. The second-order valence-electron chi connectivity index (χ2n) is 18.2. The Bertz CT molecular complexity index is 1150. The van der Waals surface area contributed by atoms with Crippen LogP contribution in [0.2, 0.25) is 0 Å². The van der Waals surface area contributed by atoms with E-state index in [0.717, 1.165) is 45.8 Å². The SMILES string of the molecule is PC(c1[cH-]ccc1CP(C12CC3CC(CC(C3)C1)C2)C12CC3CC(CC(C3)C1)C2)(C1CCCCN1)C1CCCCN1.[Fe+2].c1cc[cH-]c1. The van der Waals surface area contributed by atoms with Crippen LogP contribution >= 0.6 is 17.2 Å². The third-order valence-electron chi connectivity index (χ3n) is 15.2. The van der Waals surface area contributed by atoms with E-state index in [-0.39, 0.29) is 30.1 Å². The van der Waals surface area contributed by atoms with Crippen LogP contribution in [0.3, 0.4) is 0 Å². The molecule has 8 bridgehead atoms. The topological polar surface area (TPSA) is 24.1 Å². The summed E-state index contributed by atoms with van der Waals surface area (Å²) in [5.41, 5.74) is 3.54. The fraction of sp³-hybridized carbons (Fsp3) is 0.762. The molecule has 2 aromatic rings. The molecule has 0 aromatic heterocycles. The predicted octanol–water partition coefficient (Wildman–Crippen LogP) is 10.1. The van der Waals surface area contributed by atoms with Crippen LogP contribution in [-0.2, 0) is 28.4 Å². The van der Waals surface area contributed by atoms with Crippen molar-refractivity contribution in [3.63, 3.8) is 0 Å². The van der Waals surface area contributed by atoms with Crippen molar-refractivity contribution in [1.82, 2.24) is 10.6 Å². The first-order valence-corrected chi connectivity index (χ1v) is 22.1. The quantitative estimate of drug-likeness (QED) is 0.170. The Balaban J connectivity index is 0.000000497. The van der Waals surface area contributed by atoms with Crippen LogP contribution in [0.25, 0.3) is 0 Å². The standard InChI is InChI=1S/C37H57N2P2.C5H5.Fe/c40-37(33-8-1-3-10-38-33,34-9-2-4-11-39-34)32-7-5-6-31(32)24-41(35-18-25-12-26(19-35)14-27(13-25)20-35)36-21-28-15-29(22-36)17-30(16-28)23-36;1-2-4-5-3-1;/h5-7,25-30,33-34,38-39H,1-4,8-24,40H2;1-5H;/q2*-1;+2. The molecule has 2 nitrogen and oxygen atoms in total. The first-order valence-electron chi connectivity index (χ1n) is 20.0. The molecule has 8 aliphatic carbocycles. The average Bonchev–Trinajstić information content (AvgIpc) is 3.79. The van der Waals surface area contributed by atoms with E-state index in [1.165, 1.54) is 57.8 Å². The molecule has 10 fully saturated rings. The van der Waals surface area contributed by atoms with Crippen molar-refractivity contribution in [3.8, 4) is 0 Å². The molecule has 5 heteroatoms. The molecule has 0 amide bonds. The molecular formula is C42H62FeN2P2. The van der Waals surface area contributed by atoms with Gasteiger partial charge in [0.1, 0.15) is 0 Å². The number of piperidine rings is 2. The molecule has 2 N–H and O–H groups in total. The first-order chi connectivity index (χ1) is 22.5. The maximum atomic E-state index is 4.09. The monoisotopic (exact) mass is 712 g/mol. The Labute approximate surface area is 301 Å². The first kappa shape index (κ1) is 34.1. The van der Waals surface area contributed by atoms with Gasteiger partial charge in [-0.15, -0.1) is 17.2 Å². The molecule has 2 aromatic carbocycles. The zero-order chi connectivity index (χ0) is 30.8. The molecule has 3 atom stereocenters. The summed E-state index contributed by atoms with van der Waals surface area (Å²) in [4.78, 5) is 0. The van der Waals surface area contributed by atoms with Crippen LogP contribution in [0.5, 0.6) is 0 Å².